The van der Waals surface area contributed by atoms with Crippen molar-refractivity contribution >= 4 is 5.97 Å². The molecule has 3 atom stereocenters. The second-order valence-corrected chi connectivity index (χ2v) is 7.14. The Morgan fingerprint density at radius 3 is 2.19 bits per heavy atom. The summed E-state index contributed by atoms with van der Waals surface area (Å²) in [5.41, 5.74) is 2.27. The van der Waals surface area contributed by atoms with Crippen molar-refractivity contribution in [3.05, 3.63) is 71.8 Å². The third-order valence-corrected chi connectivity index (χ3v) is 5.17. The predicted molar refractivity (Wildman–Crippen MR) is 106 cm³/mol. The molecule has 3 rings (SSSR count). The zero-order valence-corrected chi connectivity index (χ0v) is 16.0. The van der Waals surface area contributed by atoms with E-state index in [0.29, 0.717) is 13.0 Å². The zero-order chi connectivity index (χ0) is 18.9. The number of hydrogen-bond acceptors (Lipinski definition) is 4. The molecule has 0 aromatic heterocycles. The second kappa shape index (κ2) is 10.2. The van der Waals surface area contributed by atoms with E-state index in [-0.39, 0.29) is 24.2 Å². The molecule has 1 N–H and O–H groups in total. The van der Waals surface area contributed by atoms with Gasteiger partial charge in [-0.25, -0.2) is 0 Å². The number of esters is 1. The fraction of sp³-hybridized carbons (Fsp3) is 0.435. The maximum atomic E-state index is 13.0. The Kier molecular flexibility index (Phi) is 7.43. The normalized spacial score (nSPS) is 20.8. The highest BCUT2D eigenvalue weighted by Gasteiger charge is 2.31. The van der Waals surface area contributed by atoms with Gasteiger partial charge in [0.15, 0.2) is 0 Å². The van der Waals surface area contributed by atoms with Crippen LogP contribution >= 0.6 is 0 Å². The highest BCUT2D eigenvalue weighted by molar-refractivity contribution is 5.76. The first-order valence-corrected chi connectivity index (χ1v) is 9.81. The van der Waals surface area contributed by atoms with E-state index in [4.69, 9.17) is 9.47 Å². The Morgan fingerprint density at radius 2 is 1.56 bits per heavy atom. The molecule has 0 radical (unpaired) electrons. The average Bonchev–Trinajstić information content (AvgIpc) is 2.73. The largest absolute Gasteiger partial charge is 0.458 e. The zero-order valence-electron chi connectivity index (χ0n) is 16.0. The summed E-state index contributed by atoms with van der Waals surface area (Å²) in [5, 5.41) is 3.39. The molecule has 2 aromatic carbocycles. The van der Waals surface area contributed by atoms with Gasteiger partial charge in [-0.05, 0) is 36.8 Å². The predicted octanol–water partition coefficient (Wildman–Crippen LogP) is 3.89. The lowest BCUT2D eigenvalue weighted by molar-refractivity contribution is -0.161. The van der Waals surface area contributed by atoms with E-state index in [2.05, 4.69) is 17.4 Å². The van der Waals surface area contributed by atoms with Gasteiger partial charge in [0.25, 0.3) is 0 Å². The Bertz CT molecular complexity index is 689. The van der Waals surface area contributed by atoms with Crippen LogP contribution in [0.5, 0.6) is 0 Å². The van der Waals surface area contributed by atoms with E-state index in [0.717, 1.165) is 36.8 Å². The first kappa shape index (κ1) is 19.6. The van der Waals surface area contributed by atoms with Crippen molar-refractivity contribution in [1.29, 1.82) is 0 Å². The van der Waals surface area contributed by atoms with Crippen LogP contribution in [0.2, 0.25) is 0 Å². The molecular formula is C23H29NO3. The van der Waals surface area contributed by atoms with Gasteiger partial charge in [0.2, 0.25) is 0 Å². The van der Waals surface area contributed by atoms with Crippen LogP contribution in [0.3, 0.4) is 0 Å². The molecule has 1 aliphatic rings. The fourth-order valence-corrected chi connectivity index (χ4v) is 3.62. The number of hydrogen-bond donors (Lipinski definition) is 1. The lowest BCUT2D eigenvalue weighted by Crippen LogP contribution is -2.44. The molecule has 0 aliphatic heterocycles. The number of rotatable bonds is 8. The maximum absolute atomic E-state index is 13.0. The summed E-state index contributed by atoms with van der Waals surface area (Å²) in [6.45, 7) is 0.631. The highest BCUT2D eigenvalue weighted by Crippen LogP contribution is 2.24. The number of carbonyl (C=O) groups excluding carboxylic acids is 1. The van der Waals surface area contributed by atoms with Crippen LogP contribution in [0.25, 0.3) is 0 Å². The number of benzene rings is 2. The van der Waals surface area contributed by atoms with Crippen LogP contribution in [0, 0.1) is 0 Å². The summed E-state index contributed by atoms with van der Waals surface area (Å²) in [7, 11) is 1.70. The summed E-state index contributed by atoms with van der Waals surface area (Å²) >= 11 is 0. The Morgan fingerprint density at radius 1 is 0.963 bits per heavy atom. The molecule has 0 heterocycles. The number of nitrogens with one attached hydrogen (secondary N) is 1. The van der Waals surface area contributed by atoms with E-state index in [1.807, 2.05) is 48.5 Å². The molecule has 0 bridgehead atoms. The van der Waals surface area contributed by atoms with Crippen LogP contribution in [0.1, 0.15) is 36.8 Å². The molecule has 0 unspecified atom stereocenters. The van der Waals surface area contributed by atoms with E-state index >= 15 is 0 Å². The third kappa shape index (κ3) is 5.91. The van der Waals surface area contributed by atoms with Crippen molar-refractivity contribution < 1.29 is 14.3 Å². The Hall–Kier alpha value is -2.17. The molecular weight excluding hydrogens is 338 g/mol. The molecule has 1 aliphatic carbocycles. The van der Waals surface area contributed by atoms with Crippen molar-refractivity contribution in [2.75, 3.05) is 7.11 Å². The van der Waals surface area contributed by atoms with Crippen LogP contribution < -0.4 is 5.32 Å². The topological polar surface area (TPSA) is 47.6 Å². The average molecular weight is 367 g/mol. The summed E-state index contributed by atoms with van der Waals surface area (Å²) in [6, 6.07) is 19.8. The second-order valence-electron chi connectivity index (χ2n) is 7.14. The van der Waals surface area contributed by atoms with Crippen molar-refractivity contribution in [2.45, 2.75) is 56.9 Å². The van der Waals surface area contributed by atoms with Gasteiger partial charge < -0.3 is 14.8 Å². The molecule has 4 nitrogen and oxygen atoms in total. The van der Waals surface area contributed by atoms with Crippen LogP contribution in [-0.2, 0) is 27.2 Å². The highest BCUT2D eigenvalue weighted by atomic mass is 16.6. The smallest absolute Gasteiger partial charge is 0.323 e. The summed E-state index contributed by atoms with van der Waals surface area (Å²) < 4.78 is 11.4. The Labute approximate surface area is 161 Å². The number of ether oxygens (including phenoxy) is 2. The van der Waals surface area contributed by atoms with Crippen molar-refractivity contribution in [3.8, 4) is 0 Å². The quantitative estimate of drug-likeness (QED) is 0.719. The van der Waals surface area contributed by atoms with Gasteiger partial charge in [0.05, 0.1) is 6.10 Å². The van der Waals surface area contributed by atoms with E-state index in [1.54, 1.807) is 7.11 Å². The van der Waals surface area contributed by atoms with Gasteiger partial charge in [-0.15, -0.1) is 0 Å². The molecule has 0 spiro atoms. The Balaban J connectivity index is 1.66. The maximum Gasteiger partial charge on any atom is 0.323 e. The van der Waals surface area contributed by atoms with E-state index in [9.17, 15) is 4.79 Å². The number of carbonyl (C=O) groups is 1. The first-order chi connectivity index (χ1) is 13.3. The standard InChI is InChI=1S/C23H29NO3/c1-26-21-14-8-9-15-22(21)27-23(25)20(16-18-10-4-2-5-11-18)24-17-19-12-6-3-7-13-19/h2-7,10-13,20-22,24H,8-9,14-17H2,1H3/t20-,21-,22-/m0/s1. The molecule has 144 valence electrons. The molecule has 0 amide bonds. The summed E-state index contributed by atoms with van der Waals surface area (Å²) in [4.78, 5) is 13.0. The lowest BCUT2D eigenvalue weighted by atomic mass is 9.94. The van der Waals surface area contributed by atoms with Gasteiger partial charge in [-0.1, -0.05) is 67.1 Å². The minimum absolute atomic E-state index is 0.00852. The van der Waals surface area contributed by atoms with Crippen molar-refractivity contribution in [1.82, 2.24) is 5.32 Å². The number of methoxy groups -OCH3 is 1. The first-order valence-electron chi connectivity index (χ1n) is 9.81. The monoisotopic (exact) mass is 367 g/mol. The summed E-state index contributed by atoms with van der Waals surface area (Å²) in [5.74, 6) is -0.191. The van der Waals surface area contributed by atoms with Gasteiger partial charge >= 0.3 is 5.97 Å². The summed E-state index contributed by atoms with van der Waals surface area (Å²) in [6.07, 6.45) is 4.51. The molecule has 1 fully saturated rings. The van der Waals surface area contributed by atoms with E-state index in [1.165, 1.54) is 0 Å². The van der Waals surface area contributed by atoms with Gasteiger partial charge in [-0.3, -0.25) is 4.79 Å². The van der Waals surface area contributed by atoms with Gasteiger partial charge in [-0.2, -0.15) is 0 Å². The SMILES string of the molecule is CO[C@H]1CCCC[C@@H]1OC(=O)[C@H](Cc1ccccc1)NCc1ccccc1. The van der Waals surface area contributed by atoms with E-state index < -0.39 is 0 Å². The minimum Gasteiger partial charge on any atom is -0.458 e. The minimum atomic E-state index is -0.382. The molecule has 2 aromatic rings. The van der Waals surface area contributed by atoms with Gasteiger partial charge in [0, 0.05) is 13.7 Å². The molecule has 1 saturated carbocycles. The van der Waals surface area contributed by atoms with Crippen LogP contribution in [-0.4, -0.2) is 31.3 Å². The molecule has 4 heteroatoms. The van der Waals surface area contributed by atoms with Crippen LogP contribution in [0.4, 0.5) is 0 Å². The third-order valence-electron chi connectivity index (χ3n) is 5.17. The molecule has 0 saturated heterocycles. The van der Waals surface area contributed by atoms with Crippen molar-refractivity contribution in [2.24, 2.45) is 0 Å². The lowest BCUT2D eigenvalue weighted by Gasteiger charge is -2.31. The van der Waals surface area contributed by atoms with Crippen LogP contribution in [0.15, 0.2) is 60.7 Å². The van der Waals surface area contributed by atoms with Gasteiger partial charge in [0.1, 0.15) is 12.1 Å². The van der Waals surface area contributed by atoms with Crippen molar-refractivity contribution in [3.63, 3.8) is 0 Å². The fourth-order valence-electron chi connectivity index (χ4n) is 3.62. The molecule has 27 heavy (non-hydrogen) atoms.